The highest BCUT2D eigenvalue weighted by atomic mass is 16.5. The molecular weight excluding hydrogens is 468 g/mol. The second-order valence-corrected chi connectivity index (χ2v) is 10.1. The Kier molecular flexibility index (Phi) is 9.74. The molecule has 1 fully saturated rings. The summed E-state index contributed by atoms with van der Waals surface area (Å²) in [5.74, 6) is -0.145. The maximum Gasteiger partial charge on any atom is 0.339 e. The predicted molar refractivity (Wildman–Crippen MR) is 144 cm³/mol. The van der Waals surface area contributed by atoms with Crippen molar-refractivity contribution in [1.29, 1.82) is 0 Å². The molecule has 1 saturated heterocycles. The first-order chi connectivity index (χ1) is 18.0. The summed E-state index contributed by atoms with van der Waals surface area (Å²) in [6, 6.07) is 15.5. The third-order valence-corrected chi connectivity index (χ3v) is 7.18. The number of nitrogens with zero attached hydrogens (tertiary/aromatic N) is 1. The van der Waals surface area contributed by atoms with E-state index in [1.807, 2.05) is 31.2 Å². The average Bonchev–Trinajstić information content (AvgIpc) is 2.92. The molecule has 4 rings (SSSR count). The van der Waals surface area contributed by atoms with Gasteiger partial charge in [0, 0.05) is 23.4 Å². The monoisotopic (exact) mass is 506 g/mol. The Balaban J connectivity index is 1.26. The molecule has 1 unspecified atom stereocenters. The molecule has 37 heavy (non-hydrogen) atoms. The molecule has 198 valence electrons. The summed E-state index contributed by atoms with van der Waals surface area (Å²) < 4.78 is 11.4. The fraction of sp³-hybridized carbons (Fsp3) is 0.467. The molecule has 0 spiro atoms. The Morgan fingerprint density at radius 1 is 1.08 bits per heavy atom. The van der Waals surface area contributed by atoms with Crippen LogP contribution >= 0.6 is 0 Å². The van der Waals surface area contributed by atoms with Crippen molar-refractivity contribution < 1.29 is 19.2 Å². The van der Waals surface area contributed by atoms with Gasteiger partial charge < -0.3 is 14.1 Å². The summed E-state index contributed by atoms with van der Waals surface area (Å²) in [4.78, 5) is 27.4. The molecule has 0 bridgehead atoms. The Morgan fingerprint density at radius 3 is 2.62 bits per heavy atom. The quantitative estimate of drug-likeness (QED) is 0.155. The van der Waals surface area contributed by atoms with Crippen LogP contribution in [0, 0.1) is 12.8 Å². The standard InChI is InChI=1S/C30H38N2O5/c1-22-9-14-28-25(19-22)21-26(30(34)37-28)20-24(29(33)31-35)8-5-7-23-10-12-27(13-11-23)36-18-6-17-32-15-3-2-4-16-32/h9-14,19,21,24,35H,2-8,15-18,20H2,1H3,(H,31,33). The van der Waals surface area contributed by atoms with Gasteiger partial charge in [-0.1, -0.05) is 30.2 Å². The lowest BCUT2D eigenvalue weighted by Gasteiger charge is -2.26. The highest BCUT2D eigenvalue weighted by molar-refractivity contribution is 5.79. The van der Waals surface area contributed by atoms with Crippen molar-refractivity contribution >= 4 is 16.9 Å². The van der Waals surface area contributed by atoms with Gasteiger partial charge in [-0.25, -0.2) is 10.3 Å². The van der Waals surface area contributed by atoms with Crippen molar-refractivity contribution in [3.05, 3.63) is 75.6 Å². The highest BCUT2D eigenvalue weighted by Crippen LogP contribution is 2.21. The van der Waals surface area contributed by atoms with Crippen LogP contribution in [0.4, 0.5) is 0 Å². The second kappa shape index (κ2) is 13.4. The van der Waals surface area contributed by atoms with E-state index in [0.29, 0.717) is 17.6 Å². The zero-order valence-corrected chi connectivity index (χ0v) is 21.7. The molecule has 1 amide bonds. The largest absolute Gasteiger partial charge is 0.494 e. The van der Waals surface area contributed by atoms with E-state index in [4.69, 9.17) is 9.15 Å². The summed E-state index contributed by atoms with van der Waals surface area (Å²) in [5, 5.41) is 10.1. The van der Waals surface area contributed by atoms with Gasteiger partial charge in [0.2, 0.25) is 5.91 Å². The zero-order valence-electron chi connectivity index (χ0n) is 21.7. The number of nitrogens with one attached hydrogen (secondary N) is 1. The highest BCUT2D eigenvalue weighted by Gasteiger charge is 2.21. The minimum Gasteiger partial charge on any atom is -0.494 e. The van der Waals surface area contributed by atoms with Gasteiger partial charge in [-0.15, -0.1) is 0 Å². The summed E-state index contributed by atoms with van der Waals surface area (Å²) >= 11 is 0. The van der Waals surface area contributed by atoms with Gasteiger partial charge in [0.1, 0.15) is 11.3 Å². The molecule has 7 nitrogen and oxygen atoms in total. The van der Waals surface area contributed by atoms with E-state index in [1.54, 1.807) is 17.6 Å². The van der Waals surface area contributed by atoms with Crippen LogP contribution in [-0.2, 0) is 17.6 Å². The Bertz CT molecular complexity index is 1210. The van der Waals surface area contributed by atoms with Crippen LogP contribution in [0.2, 0.25) is 0 Å². The number of benzene rings is 2. The Morgan fingerprint density at radius 2 is 1.86 bits per heavy atom. The van der Waals surface area contributed by atoms with Crippen molar-refractivity contribution in [2.75, 3.05) is 26.2 Å². The summed E-state index contributed by atoms with van der Waals surface area (Å²) in [7, 11) is 0. The Labute approximate surface area is 218 Å². The molecular formula is C30H38N2O5. The lowest BCUT2D eigenvalue weighted by atomic mass is 9.92. The predicted octanol–water partition coefficient (Wildman–Crippen LogP) is 5.04. The van der Waals surface area contributed by atoms with Crippen molar-refractivity contribution in [3.63, 3.8) is 0 Å². The van der Waals surface area contributed by atoms with Crippen LogP contribution in [0.5, 0.6) is 5.75 Å². The molecule has 0 aliphatic carbocycles. The van der Waals surface area contributed by atoms with Gasteiger partial charge in [-0.3, -0.25) is 10.0 Å². The topological polar surface area (TPSA) is 92.0 Å². The Hall–Kier alpha value is -3.16. The maximum absolute atomic E-state index is 12.5. The van der Waals surface area contributed by atoms with Crippen LogP contribution in [0.15, 0.2) is 57.7 Å². The smallest absolute Gasteiger partial charge is 0.339 e. The molecule has 3 aromatic rings. The van der Waals surface area contributed by atoms with Gasteiger partial charge >= 0.3 is 5.63 Å². The molecule has 2 aromatic carbocycles. The fourth-order valence-electron chi connectivity index (χ4n) is 5.08. The SMILES string of the molecule is Cc1ccc2oc(=O)c(CC(CCCc3ccc(OCCCN4CCCCC4)cc3)C(=O)NO)cc2c1. The van der Waals surface area contributed by atoms with Crippen LogP contribution in [0.3, 0.4) is 0 Å². The zero-order chi connectivity index (χ0) is 26.0. The van der Waals surface area contributed by atoms with Gasteiger partial charge in [0.05, 0.1) is 6.61 Å². The first kappa shape index (κ1) is 26.9. The number of aryl methyl sites for hydroxylation is 2. The molecule has 1 aliphatic heterocycles. The van der Waals surface area contributed by atoms with Crippen molar-refractivity contribution in [1.82, 2.24) is 10.4 Å². The van der Waals surface area contributed by atoms with Crippen molar-refractivity contribution in [2.45, 2.75) is 58.3 Å². The normalized spacial score (nSPS) is 15.0. The number of hydrogen-bond acceptors (Lipinski definition) is 6. The summed E-state index contributed by atoms with van der Waals surface area (Å²) in [6.45, 7) is 6.22. The average molecular weight is 507 g/mol. The van der Waals surface area contributed by atoms with E-state index in [9.17, 15) is 14.8 Å². The molecule has 0 radical (unpaired) electrons. The van der Waals surface area contributed by atoms with Crippen LogP contribution < -0.4 is 15.8 Å². The number of piperidine rings is 1. The molecule has 1 aliphatic rings. The number of ether oxygens (including phenoxy) is 1. The number of fused-ring (bicyclic) bond motifs is 1. The fourth-order valence-corrected chi connectivity index (χ4v) is 5.08. The molecule has 7 heteroatoms. The van der Waals surface area contributed by atoms with E-state index >= 15 is 0 Å². The van der Waals surface area contributed by atoms with E-state index < -0.39 is 17.5 Å². The van der Waals surface area contributed by atoms with E-state index in [1.165, 1.54) is 32.4 Å². The number of rotatable bonds is 12. The van der Waals surface area contributed by atoms with Crippen LogP contribution in [0.1, 0.15) is 55.2 Å². The van der Waals surface area contributed by atoms with Crippen LogP contribution in [0.25, 0.3) is 11.0 Å². The molecule has 2 heterocycles. The summed E-state index contributed by atoms with van der Waals surface area (Å²) in [6.07, 6.45) is 7.29. The number of amides is 1. The molecule has 2 N–H and O–H groups in total. The maximum atomic E-state index is 12.5. The van der Waals surface area contributed by atoms with Gasteiger partial charge in [-0.2, -0.15) is 0 Å². The third-order valence-electron chi connectivity index (χ3n) is 7.18. The number of likely N-dealkylation sites (tertiary alicyclic amines) is 1. The lowest BCUT2D eigenvalue weighted by molar-refractivity contribution is -0.133. The minimum atomic E-state index is -0.530. The number of hydroxylamine groups is 1. The van der Waals surface area contributed by atoms with E-state index in [0.717, 1.165) is 54.7 Å². The van der Waals surface area contributed by atoms with E-state index in [2.05, 4.69) is 17.0 Å². The number of hydrogen-bond donors (Lipinski definition) is 2. The number of carbonyl (C=O) groups excluding carboxylic acids is 1. The van der Waals surface area contributed by atoms with Crippen molar-refractivity contribution in [2.24, 2.45) is 5.92 Å². The third kappa shape index (κ3) is 7.91. The minimum absolute atomic E-state index is 0.211. The molecule has 0 saturated carbocycles. The second-order valence-electron chi connectivity index (χ2n) is 10.1. The lowest BCUT2D eigenvalue weighted by Crippen LogP contribution is -2.31. The number of carbonyl (C=O) groups is 1. The van der Waals surface area contributed by atoms with E-state index in [-0.39, 0.29) is 6.42 Å². The summed E-state index contributed by atoms with van der Waals surface area (Å²) in [5.41, 5.74) is 4.50. The van der Waals surface area contributed by atoms with Gasteiger partial charge in [0.25, 0.3) is 0 Å². The van der Waals surface area contributed by atoms with Gasteiger partial charge in [0.15, 0.2) is 0 Å². The van der Waals surface area contributed by atoms with Crippen LogP contribution in [-0.4, -0.2) is 42.3 Å². The van der Waals surface area contributed by atoms with Gasteiger partial charge in [-0.05, 0) is 101 Å². The molecule has 1 atom stereocenters. The van der Waals surface area contributed by atoms with Crippen molar-refractivity contribution in [3.8, 4) is 5.75 Å². The molecule has 1 aromatic heterocycles. The first-order valence-electron chi connectivity index (χ1n) is 13.4. The first-order valence-corrected chi connectivity index (χ1v) is 13.4.